The van der Waals surface area contributed by atoms with Crippen molar-refractivity contribution in [2.75, 3.05) is 0 Å². The van der Waals surface area contributed by atoms with Gasteiger partial charge in [-0.05, 0) is 24.6 Å². The molecule has 84 valence electrons. The molecule has 0 heterocycles. The van der Waals surface area contributed by atoms with Gasteiger partial charge in [0.1, 0.15) is 10.6 Å². The Morgan fingerprint density at radius 3 is 2.44 bits per heavy atom. The van der Waals surface area contributed by atoms with Crippen molar-refractivity contribution in [3.63, 3.8) is 0 Å². The molecule has 0 aliphatic heterocycles. The van der Waals surface area contributed by atoms with Gasteiger partial charge in [-0.3, -0.25) is 4.55 Å². The van der Waals surface area contributed by atoms with Gasteiger partial charge in [-0.1, -0.05) is 18.2 Å². The van der Waals surface area contributed by atoms with E-state index in [1.807, 2.05) is 0 Å². The number of aromatic hydroxyl groups is 1. The summed E-state index contributed by atoms with van der Waals surface area (Å²) in [4.78, 5) is -0.191. The summed E-state index contributed by atoms with van der Waals surface area (Å²) in [6.45, 7) is 1.76. The van der Waals surface area contributed by atoms with Crippen LogP contribution in [0.5, 0.6) is 5.75 Å². The maximum absolute atomic E-state index is 11.1. The topological polar surface area (TPSA) is 74.6 Å². The number of hydrogen-bond acceptors (Lipinski definition) is 3. The summed E-state index contributed by atoms with van der Waals surface area (Å²) in [5.41, 5.74) is 0.750. The fourth-order valence-corrected chi connectivity index (χ4v) is 2.45. The molecule has 2 N–H and O–H groups in total. The summed E-state index contributed by atoms with van der Waals surface area (Å²) < 4.78 is 31.3. The predicted octanol–water partition coefficient (Wildman–Crippen LogP) is 2.10. The molecule has 0 bridgehead atoms. The van der Waals surface area contributed by atoms with Crippen LogP contribution in [0.25, 0.3) is 10.8 Å². The van der Waals surface area contributed by atoms with E-state index in [2.05, 4.69) is 0 Å². The van der Waals surface area contributed by atoms with Gasteiger partial charge < -0.3 is 5.11 Å². The normalized spacial score (nSPS) is 11.9. The molecule has 0 amide bonds. The standard InChI is InChI=1S/C11H10O4S/c1-7-3-2-4-8-10(16(13,14)15)6-5-9(12)11(7)8/h2-6,12H,1H3,(H,13,14,15). The first-order valence-electron chi connectivity index (χ1n) is 4.60. The average molecular weight is 238 g/mol. The fraction of sp³-hybridized carbons (Fsp3) is 0.0909. The first-order chi connectivity index (χ1) is 7.41. The molecule has 0 spiro atoms. The van der Waals surface area contributed by atoms with Crippen LogP contribution >= 0.6 is 0 Å². The number of rotatable bonds is 1. The molecular weight excluding hydrogens is 228 g/mol. The zero-order chi connectivity index (χ0) is 11.9. The van der Waals surface area contributed by atoms with E-state index in [0.29, 0.717) is 10.8 Å². The van der Waals surface area contributed by atoms with Crippen molar-refractivity contribution in [2.45, 2.75) is 11.8 Å². The molecule has 0 aliphatic rings. The van der Waals surface area contributed by atoms with E-state index in [-0.39, 0.29) is 10.6 Å². The van der Waals surface area contributed by atoms with E-state index in [1.54, 1.807) is 25.1 Å². The molecule has 0 unspecified atom stereocenters. The van der Waals surface area contributed by atoms with Crippen molar-refractivity contribution in [3.8, 4) is 5.75 Å². The summed E-state index contributed by atoms with van der Waals surface area (Å²) >= 11 is 0. The molecule has 0 atom stereocenters. The third-order valence-electron chi connectivity index (χ3n) is 2.46. The molecule has 0 fully saturated rings. The van der Waals surface area contributed by atoms with Crippen molar-refractivity contribution in [2.24, 2.45) is 0 Å². The second kappa shape index (κ2) is 3.47. The molecule has 0 aliphatic carbocycles. The van der Waals surface area contributed by atoms with Gasteiger partial charge in [0, 0.05) is 10.8 Å². The number of fused-ring (bicyclic) bond motifs is 1. The number of hydrogen-bond donors (Lipinski definition) is 2. The Labute approximate surface area is 92.9 Å². The van der Waals surface area contributed by atoms with Gasteiger partial charge in [0.15, 0.2) is 0 Å². The summed E-state index contributed by atoms with van der Waals surface area (Å²) in [6.07, 6.45) is 0. The monoisotopic (exact) mass is 238 g/mol. The molecule has 5 heteroatoms. The van der Waals surface area contributed by atoms with Crippen LogP contribution < -0.4 is 0 Å². The average Bonchev–Trinajstić information content (AvgIpc) is 2.16. The first-order valence-corrected chi connectivity index (χ1v) is 6.04. The van der Waals surface area contributed by atoms with E-state index in [1.165, 1.54) is 12.1 Å². The van der Waals surface area contributed by atoms with E-state index < -0.39 is 10.1 Å². The Morgan fingerprint density at radius 2 is 1.81 bits per heavy atom. The third-order valence-corrected chi connectivity index (χ3v) is 3.38. The van der Waals surface area contributed by atoms with Crippen LogP contribution in [0.1, 0.15) is 5.56 Å². The molecular formula is C11H10O4S. The zero-order valence-corrected chi connectivity index (χ0v) is 9.32. The Balaban J connectivity index is 3.02. The molecule has 0 saturated heterocycles. The van der Waals surface area contributed by atoms with Crippen molar-refractivity contribution < 1.29 is 18.1 Å². The van der Waals surface area contributed by atoms with Gasteiger partial charge >= 0.3 is 0 Å². The number of phenols is 1. The van der Waals surface area contributed by atoms with Gasteiger partial charge in [-0.15, -0.1) is 0 Å². The molecule has 0 aromatic heterocycles. The van der Waals surface area contributed by atoms with Gasteiger partial charge in [-0.2, -0.15) is 8.42 Å². The number of aryl methyl sites for hydroxylation is 1. The fourth-order valence-electron chi connectivity index (χ4n) is 1.77. The Bertz CT molecular complexity index is 651. The van der Waals surface area contributed by atoms with Gasteiger partial charge in [-0.25, -0.2) is 0 Å². The molecule has 16 heavy (non-hydrogen) atoms. The molecule has 4 nitrogen and oxygen atoms in total. The van der Waals surface area contributed by atoms with Crippen LogP contribution in [0.15, 0.2) is 35.2 Å². The van der Waals surface area contributed by atoms with Gasteiger partial charge in [0.05, 0.1) is 0 Å². The van der Waals surface area contributed by atoms with Gasteiger partial charge in [0.25, 0.3) is 10.1 Å². The van der Waals surface area contributed by atoms with Gasteiger partial charge in [0.2, 0.25) is 0 Å². The lowest BCUT2D eigenvalue weighted by Gasteiger charge is -2.07. The third kappa shape index (κ3) is 1.64. The van der Waals surface area contributed by atoms with Crippen molar-refractivity contribution >= 4 is 20.9 Å². The maximum atomic E-state index is 11.1. The molecule has 2 aromatic rings. The van der Waals surface area contributed by atoms with E-state index in [9.17, 15) is 13.5 Å². The summed E-state index contributed by atoms with van der Waals surface area (Å²) in [7, 11) is -4.27. The quantitative estimate of drug-likeness (QED) is 0.746. The van der Waals surface area contributed by atoms with Crippen LogP contribution in [0, 0.1) is 6.92 Å². The Morgan fingerprint density at radius 1 is 1.12 bits per heavy atom. The van der Waals surface area contributed by atoms with Crippen LogP contribution in [0.3, 0.4) is 0 Å². The molecule has 2 rings (SSSR count). The van der Waals surface area contributed by atoms with Crippen LogP contribution in [-0.2, 0) is 10.1 Å². The molecule has 0 radical (unpaired) electrons. The predicted molar refractivity (Wildman–Crippen MR) is 60.2 cm³/mol. The highest BCUT2D eigenvalue weighted by atomic mass is 32.2. The SMILES string of the molecule is Cc1cccc2c(S(=O)(=O)O)ccc(O)c12. The number of benzene rings is 2. The highest BCUT2D eigenvalue weighted by Crippen LogP contribution is 2.32. The summed E-state index contributed by atoms with van der Waals surface area (Å²) in [5.74, 6) is 0.000463. The largest absolute Gasteiger partial charge is 0.507 e. The second-order valence-electron chi connectivity index (χ2n) is 3.56. The van der Waals surface area contributed by atoms with Crippen molar-refractivity contribution in [3.05, 3.63) is 35.9 Å². The second-order valence-corrected chi connectivity index (χ2v) is 4.95. The summed E-state index contributed by atoms with van der Waals surface area (Å²) in [5, 5.41) is 10.4. The van der Waals surface area contributed by atoms with Crippen LogP contribution in [0.4, 0.5) is 0 Å². The van der Waals surface area contributed by atoms with Crippen molar-refractivity contribution in [1.29, 1.82) is 0 Å². The molecule has 2 aromatic carbocycles. The first kappa shape index (κ1) is 10.9. The Kier molecular flexibility index (Phi) is 2.36. The number of phenolic OH excluding ortho intramolecular Hbond substituents is 1. The minimum Gasteiger partial charge on any atom is -0.507 e. The Hall–Kier alpha value is -1.59. The van der Waals surface area contributed by atoms with Crippen LogP contribution in [0.2, 0.25) is 0 Å². The van der Waals surface area contributed by atoms with E-state index >= 15 is 0 Å². The smallest absolute Gasteiger partial charge is 0.295 e. The lowest BCUT2D eigenvalue weighted by molar-refractivity contribution is 0.479. The minimum atomic E-state index is -4.27. The minimum absolute atomic E-state index is 0.000463. The van der Waals surface area contributed by atoms with Crippen LogP contribution in [-0.4, -0.2) is 18.1 Å². The highest BCUT2D eigenvalue weighted by Gasteiger charge is 2.16. The lowest BCUT2D eigenvalue weighted by Crippen LogP contribution is -1.99. The van der Waals surface area contributed by atoms with E-state index in [0.717, 1.165) is 5.56 Å². The summed E-state index contributed by atoms with van der Waals surface area (Å²) in [6, 6.07) is 7.43. The van der Waals surface area contributed by atoms with Crippen molar-refractivity contribution in [1.82, 2.24) is 0 Å². The maximum Gasteiger partial charge on any atom is 0.295 e. The van der Waals surface area contributed by atoms with E-state index in [4.69, 9.17) is 4.55 Å². The lowest BCUT2D eigenvalue weighted by atomic mass is 10.0. The zero-order valence-electron chi connectivity index (χ0n) is 8.51. The molecule has 0 saturated carbocycles. The highest BCUT2D eigenvalue weighted by molar-refractivity contribution is 7.86.